The molecule has 0 bridgehead atoms. The zero-order chi connectivity index (χ0) is 16.2. The van der Waals surface area contributed by atoms with Crippen LogP contribution in [-0.4, -0.2) is 22.3 Å². The van der Waals surface area contributed by atoms with Crippen LogP contribution in [0.4, 0.5) is 4.39 Å². The third-order valence-electron chi connectivity index (χ3n) is 2.96. The molecule has 0 saturated heterocycles. The minimum absolute atomic E-state index is 0.0905. The number of amides is 1. The molecule has 0 spiro atoms. The molecule has 1 amide bonds. The Labute approximate surface area is 135 Å². The highest BCUT2D eigenvalue weighted by molar-refractivity contribution is 6.33. The number of carbonyl (C=O) groups excluding carboxylic acids is 1. The van der Waals surface area contributed by atoms with Crippen molar-refractivity contribution in [2.45, 2.75) is 0 Å². The van der Waals surface area contributed by atoms with Crippen LogP contribution in [-0.2, 0) is 0 Å². The van der Waals surface area contributed by atoms with E-state index < -0.39 is 11.7 Å². The van der Waals surface area contributed by atoms with E-state index in [4.69, 9.17) is 16.0 Å². The summed E-state index contributed by atoms with van der Waals surface area (Å²) in [5, 5.41) is 10.4. The minimum Gasteiger partial charge on any atom is -0.463 e. The fraction of sp³-hybridized carbons (Fsp3) is 0. The van der Waals surface area contributed by atoms with Gasteiger partial charge in [-0.1, -0.05) is 17.7 Å². The topological polar surface area (TPSA) is 83.3 Å². The first-order chi connectivity index (χ1) is 11.1. The molecular formula is C15H10ClFN4O2. The second-order valence-electron chi connectivity index (χ2n) is 4.48. The molecule has 0 aliphatic rings. The van der Waals surface area contributed by atoms with Gasteiger partial charge in [0.15, 0.2) is 11.5 Å². The minimum atomic E-state index is -0.553. The molecule has 2 aromatic heterocycles. The van der Waals surface area contributed by atoms with E-state index in [0.29, 0.717) is 11.5 Å². The van der Waals surface area contributed by atoms with Gasteiger partial charge < -0.3 is 4.42 Å². The van der Waals surface area contributed by atoms with Crippen LogP contribution in [0.5, 0.6) is 0 Å². The van der Waals surface area contributed by atoms with E-state index in [1.807, 2.05) is 0 Å². The fourth-order valence-corrected chi connectivity index (χ4v) is 2.05. The van der Waals surface area contributed by atoms with E-state index in [-0.39, 0.29) is 16.3 Å². The van der Waals surface area contributed by atoms with Gasteiger partial charge in [-0.15, -0.1) is 0 Å². The summed E-state index contributed by atoms with van der Waals surface area (Å²) in [6.45, 7) is 0. The Morgan fingerprint density at radius 1 is 1.39 bits per heavy atom. The molecule has 3 aromatic rings. The molecule has 0 aliphatic heterocycles. The first-order valence-corrected chi connectivity index (χ1v) is 6.89. The smallest absolute Gasteiger partial charge is 0.291 e. The molecule has 0 saturated carbocycles. The lowest BCUT2D eigenvalue weighted by atomic mass is 10.2. The third-order valence-corrected chi connectivity index (χ3v) is 3.29. The lowest BCUT2D eigenvalue weighted by molar-refractivity contribution is 0.0950. The quantitative estimate of drug-likeness (QED) is 0.568. The maximum absolute atomic E-state index is 13.5. The van der Waals surface area contributed by atoms with Crippen LogP contribution in [0.15, 0.2) is 52.2 Å². The highest BCUT2D eigenvalue weighted by Gasteiger charge is 2.12. The fourth-order valence-electron chi connectivity index (χ4n) is 1.84. The molecule has 0 unspecified atom stereocenters. The van der Waals surface area contributed by atoms with Gasteiger partial charge in [-0.3, -0.25) is 9.89 Å². The number of rotatable bonds is 4. The number of hydrogen-bond donors (Lipinski definition) is 2. The second kappa shape index (κ2) is 6.45. The Hall–Kier alpha value is -2.93. The number of carbonyl (C=O) groups is 1. The number of furan rings is 1. The number of halogens is 2. The average Bonchev–Trinajstić information content (AvgIpc) is 3.20. The summed E-state index contributed by atoms with van der Waals surface area (Å²) in [6, 6.07) is 9.22. The van der Waals surface area contributed by atoms with Gasteiger partial charge in [-0.2, -0.15) is 10.2 Å². The average molecular weight is 333 g/mol. The SMILES string of the molecule is O=C(NN=Cc1c(F)cccc1Cl)c1cc(-c2ccco2)[nH]n1. The lowest BCUT2D eigenvalue weighted by Crippen LogP contribution is -2.18. The zero-order valence-electron chi connectivity index (χ0n) is 11.6. The van der Waals surface area contributed by atoms with Crippen molar-refractivity contribution in [2.75, 3.05) is 0 Å². The number of H-pyrrole nitrogens is 1. The van der Waals surface area contributed by atoms with E-state index in [1.54, 1.807) is 12.1 Å². The molecule has 2 heterocycles. The molecule has 8 heteroatoms. The van der Waals surface area contributed by atoms with Crippen molar-refractivity contribution in [3.05, 3.63) is 64.8 Å². The Kier molecular flexibility index (Phi) is 4.20. The summed E-state index contributed by atoms with van der Waals surface area (Å²) in [5.41, 5.74) is 3.02. The molecular weight excluding hydrogens is 323 g/mol. The van der Waals surface area contributed by atoms with Crippen molar-refractivity contribution >= 4 is 23.7 Å². The number of benzene rings is 1. The van der Waals surface area contributed by atoms with E-state index in [2.05, 4.69) is 20.7 Å². The molecule has 0 fully saturated rings. The van der Waals surface area contributed by atoms with Gasteiger partial charge in [0, 0.05) is 11.6 Å². The second-order valence-corrected chi connectivity index (χ2v) is 4.89. The van der Waals surface area contributed by atoms with E-state index >= 15 is 0 Å². The predicted molar refractivity (Wildman–Crippen MR) is 82.8 cm³/mol. The molecule has 1 aromatic carbocycles. The zero-order valence-corrected chi connectivity index (χ0v) is 12.3. The predicted octanol–water partition coefficient (Wildman–Crippen LogP) is 3.23. The van der Waals surface area contributed by atoms with Crippen molar-refractivity contribution in [3.8, 4) is 11.5 Å². The van der Waals surface area contributed by atoms with Crippen LogP contribution in [0, 0.1) is 5.82 Å². The molecule has 23 heavy (non-hydrogen) atoms. The Morgan fingerprint density at radius 2 is 2.26 bits per heavy atom. The summed E-state index contributed by atoms with van der Waals surface area (Å²) in [7, 11) is 0. The summed E-state index contributed by atoms with van der Waals surface area (Å²) >= 11 is 5.85. The van der Waals surface area contributed by atoms with Crippen LogP contribution in [0.25, 0.3) is 11.5 Å². The number of hydrazone groups is 1. The van der Waals surface area contributed by atoms with Crippen molar-refractivity contribution in [2.24, 2.45) is 5.10 Å². The molecule has 6 nitrogen and oxygen atoms in total. The van der Waals surface area contributed by atoms with Crippen molar-refractivity contribution in [1.82, 2.24) is 15.6 Å². The largest absolute Gasteiger partial charge is 0.463 e. The highest BCUT2D eigenvalue weighted by atomic mass is 35.5. The van der Waals surface area contributed by atoms with E-state index in [0.717, 1.165) is 6.21 Å². The summed E-state index contributed by atoms with van der Waals surface area (Å²) in [5.74, 6) is -0.531. The molecule has 3 rings (SSSR count). The number of hydrogen-bond acceptors (Lipinski definition) is 4. The van der Waals surface area contributed by atoms with Gasteiger partial charge in [-0.05, 0) is 24.3 Å². The first kappa shape index (κ1) is 15.0. The third kappa shape index (κ3) is 3.29. The van der Waals surface area contributed by atoms with Gasteiger partial charge in [0.25, 0.3) is 5.91 Å². The van der Waals surface area contributed by atoms with Crippen LogP contribution >= 0.6 is 11.6 Å². The van der Waals surface area contributed by atoms with Crippen molar-refractivity contribution in [1.29, 1.82) is 0 Å². The number of nitrogens with zero attached hydrogens (tertiary/aromatic N) is 2. The van der Waals surface area contributed by atoms with Crippen LogP contribution in [0.2, 0.25) is 5.02 Å². The summed E-state index contributed by atoms with van der Waals surface area (Å²) in [4.78, 5) is 11.9. The maximum atomic E-state index is 13.5. The summed E-state index contributed by atoms with van der Waals surface area (Å²) in [6.07, 6.45) is 2.65. The molecule has 0 radical (unpaired) electrons. The van der Waals surface area contributed by atoms with Gasteiger partial charge >= 0.3 is 0 Å². The van der Waals surface area contributed by atoms with Crippen LogP contribution in [0.1, 0.15) is 16.1 Å². The van der Waals surface area contributed by atoms with Crippen LogP contribution in [0.3, 0.4) is 0 Å². The maximum Gasteiger partial charge on any atom is 0.291 e. The van der Waals surface area contributed by atoms with Gasteiger partial charge in [-0.25, -0.2) is 9.82 Å². The Balaban J connectivity index is 1.69. The normalized spacial score (nSPS) is 11.0. The van der Waals surface area contributed by atoms with Gasteiger partial charge in [0.05, 0.1) is 17.5 Å². The number of aromatic nitrogens is 2. The van der Waals surface area contributed by atoms with Crippen molar-refractivity contribution in [3.63, 3.8) is 0 Å². The van der Waals surface area contributed by atoms with Crippen LogP contribution < -0.4 is 5.43 Å². The standard InChI is InChI=1S/C15H10ClFN4O2/c16-10-3-1-4-11(17)9(10)8-18-21-15(22)13-7-12(19-20-13)14-5-2-6-23-14/h1-8H,(H,19,20)(H,21,22). The van der Waals surface area contributed by atoms with Gasteiger partial charge in [0.1, 0.15) is 11.5 Å². The van der Waals surface area contributed by atoms with E-state index in [1.165, 1.54) is 30.5 Å². The first-order valence-electron chi connectivity index (χ1n) is 6.52. The van der Waals surface area contributed by atoms with Gasteiger partial charge in [0.2, 0.25) is 0 Å². The summed E-state index contributed by atoms with van der Waals surface area (Å²) < 4.78 is 18.7. The Morgan fingerprint density at radius 3 is 3.00 bits per heavy atom. The number of nitrogens with one attached hydrogen (secondary N) is 2. The molecule has 0 atom stereocenters. The Bertz CT molecular complexity index is 838. The van der Waals surface area contributed by atoms with E-state index in [9.17, 15) is 9.18 Å². The highest BCUT2D eigenvalue weighted by Crippen LogP contribution is 2.18. The number of aromatic amines is 1. The molecule has 116 valence electrons. The van der Waals surface area contributed by atoms with Crippen molar-refractivity contribution < 1.29 is 13.6 Å². The molecule has 2 N–H and O–H groups in total. The monoisotopic (exact) mass is 332 g/mol. The molecule has 0 aliphatic carbocycles. The lowest BCUT2D eigenvalue weighted by Gasteiger charge is -1.99.